The van der Waals surface area contributed by atoms with Gasteiger partial charge in [-0.2, -0.15) is 0 Å². The lowest BCUT2D eigenvalue weighted by atomic mass is 10.1. The summed E-state index contributed by atoms with van der Waals surface area (Å²) in [5, 5.41) is 6.19. The van der Waals surface area contributed by atoms with Crippen LogP contribution in [0.2, 0.25) is 0 Å². The number of anilines is 3. The van der Waals surface area contributed by atoms with Crippen LogP contribution >= 0.6 is 0 Å². The Hall–Kier alpha value is -3.41. The minimum absolute atomic E-state index is 0.274. The number of para-hydroxylation sites is 3. The van der Waals surface area contributed by atoms with Gasteiger partial charge in [-0.3, -0.25) is 4.79 Å². The first-order chi connectivity index (χ1) is 13.5. The third-order valence-corrected chi connectivity index (χ3v) is 4.24. The van der Waals surface area contributed by atoms with E-state index in [0.29, 0.717) is 23.9 Å². The first-order valence-corrected chi connectivity index (χ1v) is 9.20. The number of carbonyl (C=O) groups is 1. The Kier molecular flexibility index (Phi) is 5.89. The fourth-order valence-corrected chi connectivity index (χ4v) is 2.93. The van der Waals surface area contributed by atoms with Crippen molar-refractivity contribution >= 4 is 23.1 Å². The summed E-state index contributed by atoms with van der Waals surface area (Å²) < 4.78 is 5.64. The zero-order valence-electron chi connectivity index (χ0n) is 16.5. The van der Waals surface area contributed by atoms with Crippen molar-refractivity contribution in [3.8, 4) is 5.75 Å². The van der Waals surface area contributed by atoms with Gasteiger partial charge < -0.3 is 15.4 Å². The van der Waals surface area contributed by atoms with Crippen LogP contribution in [0.25, 0.3) is 0 Å². The normalized spacial score (nSPS) is 10.4. The number of rotatable bonds is 6. The van der Waals surface area contributed by atoms with Gasteiger partial charge in [-0.15, -0.1) is 0 Å². The second-order valence-electron chi connectivity index (χ2n) is 6.46. The van der Waals surface area contributed by atoms with Crippen LogP contribution in [0.3, 0.4) is 0 Å². The Morgan fingerprint density at radius 3 is 2.43 bits per heavy atom. The van der Waals surface area contributed by atoms with Crippen LogP contribution < -0.4 is 15.4 Å². The van der Waals surface area contributed by atoms with Gasteiger partial charge in [0.15, 0.2) is 0 Å². The predicted molar refractivity (Wildman–Crippen MR) is 112 cm³/mol. The minimum atomic E-state index is -0.274. The van der Waals surface area contributed by atoms with Crippen molar-refractivity contribution in [2.45, 2.75) is 27.7 Å². The fourth-order valence-electron chi connectivity index (χ4n) is 2.93. The molecule has 0 unspecified atom stereocenters. The third kappa shape index (κ3) is 4.46. The molecule has 3 rings (SSSR count). The molecule has 0 aliphatic carbocycles. The monoisotopic (exact) mass is 376 g/mol. The number of nitrogens with one attached hydrogen (secondary N) is 2. The van der Waals surface area contributed by atoms with E-state index < -0.39 is 0 Å². The molecule has 0 fully saturated rings. The van der Waals surface area contributed by atoms with Gasteiger partial charge in [0, 0.05) is 11.8 Å². The largest absolute Gasteiger partial charge is 0.492 e. The molecule has 3 aromatic rings. The highest BCUT2D eigenvalue weighted by molar-refractivity contribution is 6.04. The summed E-state index contributed by atoms with van der Waals surface area (Å²) in [6, 6.07) is 15.1. The van der Waals surface area contributed by atoms with Crippen LogP contribution in [0.5, 0.6) is 5.75 Å². The highest BCUT2D eigenvalue weighted by Gasteiger charge is 2.14. The average Bonchev–Trinajstić information content (AvgIpc) is 2.66. The zero-order chi connectivity index (χ0) is 20.1. The zero-order valence-corrected chi connectivity index (χ0v) is 16.5. The predicted octanol–water partition coefficient (Wildman–Crippen LogP) is 4.80. The topological polar surface area (TPSA) is 76.1 Å². The first-order valence-electron chi connectivity index (χ1n) is 9.20. The Morgan fingerprint density at radius 2 is 1.71 bits per heavy atom. The van der Waals surface area contributed by atoms with Gasteiger partial charge in [0.2, 0.25) is 0 Å². The van der Waals surface area contributed by atoms with E-state index in [0.717, 1.165) is 28.3 Å². The van der Waals surface area contributed by atoms with Gasteiger partial charge in [0.1, 0.15) is 23.1 Å². The van der Waals surface area contributed by atoms with Crippen LogP contribution in [-0.4, -0.2) is 22.5 Å². The molecule has 0 saturated heterocycles. The molecule has 1 aromatic heterocycles. The maximum atomic E-state index is 12.8. The van der Waals surface area contributed by atoms with Crippen LogP contribution in [0.15, 0.2) is 48.5 Å². The Balaban J connectivity index is 1.87. The molecular formula is C22H24N4O2. The maximum absolute atomic E-state index is 12.8. The van der Waals surface area contributed by atoms with Crippen molar-refractivity contribution < 1.29 is 9.53 Å². The summed E-state index contributed by atoms with van der Waals surface area (Å²) >= 11 is 0. The van der Waals surface area contributed by atoms with Gasteiger partial charge in [0.25, 0.3) is 5.91 Å². The van der Waals surface area contributed by atoms with E-state index >= 15 is 0 Å². The molecule has 0 aliphatic rings. The van der Waals surface area contributed by atoms with Crippen LogP contribution in [0.4, 0.5) is 17.2 Å². The molecule has 144 valence electrons. The number of ether oxygens (including phenoxy) is 1. The first kappa shape index (κ1) is 19.4. The van der Waals surface area contributed by atoms with Crippen molar-refractivity contribution in [1.82, 2.24) is 9.97 Å². The molecule has 1 amide bonds. The Morgan fingerprint density at radius 1 is 1.00 bits per heavy atom. The molecule has 2 aromatic carbocycles. The second-order valence-corrected chi connectivity index (χ2v) is 6.46. The van der Waals surface area contributed by atoms with Crippen molar-refractivity contribution in [1.29, 1.82) is 0 Å². The number of amides is 1. The molecule has 2 N–H and O–H groups in total. The van der Waals surface area contributed by atoms with E-state index in [2.05, 4.69) is 20.6 Å². The van der Waals surface area contributed by atoms with Crippen LogP contribution in [0.1, 0.15) is 34.4 Å². The highest BCUT2D eigenvalue weighted by atomic mass is 16.5. The standard InChI is InChI=1S/C22H24N4O2/c1-5-28-19-12-7-6-11-17(19)25-20-13-18(23-16(4)24-20)22(27)26-21-14(2)9-8-10-15(21)3/h6-13H,5H2,1-4H3,(H,26,27)(H,23,24,25). The molecule has 0 radical (unpaired) electrons. The van der Waals surface area contributed by atoms with Gasteiger partial charge in [-0.25, -0.2) is 9.97 Å². The van der Waals surface area contributed by atoms with Gasteiger partial charge in [-0.05, 0) is 51.0 Å². The van der Waals surface area contributed by atoms with E-state index in [1.54, 1.807) is 13.0 Å². The highest BCUT2D eigenvalue weighted by Crippen LogP contribution is 2.27. The summed E-state index contributed by atoms with van der Waals surface area (Å²) in [5.74, 6) is 1.49. The summed E-state index contributed by atoms with van der Waals surface area (Å²) in [4.78, 5) is 21.5. The van der Waals surface area contributed by atoms with Crippen molar-refractivity contribution in [3.63, 3.8) is 0 Å². The molecule has 0 saturated carbocycles. The van der Waals surface area contributed by atoms with Crippen molar-refractivity contribution in [3.05, 3.63) is 71.2 Å². The van der Waals surface area contributed by atoms with Gasteiger partial charge >= 0.3 is 0 Å². The molecule has 0 spiro atoms. The smallest absolute Gasteiger partial charge is 0.274 e. The molecule has 0 atom stereocenters. The lowest BCUT2D eigenvalue weighted by Crippen LogP contribution is -2.16. The van der Waals surface area contributed by atoms with Crippen LogP contribution in [-0.2, 0) is 0 Å². The molecule has 0 bridgehead atoms. The number of benzene rings is 2. The van der Waals surface area contributed by atoms with E-state index in [9.17, 15) is 4.79 Å². The fraction of sp³-hybridized carbons (Fsp3) is 0.227. The molecular weight excluding hydrogens is 352 g/mol. The van der Waals surface area contributed by atoms with E-state index in [1.165, 1.54) is 0 Å². The van der Waals surface area contributed by atoms with Crippen molar-refractivity contribution in [2.75, 3.05) is 17.2 Å². The lowest BCUT2D eigenvalue weighted by Gasteiger charge is -2.14. The van der Waals surface area contributed by atoms with Gasteiger partial charge in [-0.1, -0.05) is 30.3 Å². The van der Waals surface area contributed by atoms with Crippen LogP contribution in [0, 0.1) is 20.8 Å². The second kappa shape index (κ2) is 8.52. The molecule has 0 aliphatic heterocycles. The molecule has 28 heavy (non-hydrogen) atoms. The summed E-state index contributed by atoms with van der Waals surface area (Å²) in [6.07, 6.45) is 0. The maximum Gasteiger partial charge on any atom is 0.274 e. The van der Waals surface area contributed by atoms with E-state index in [4.69, 9.17) is 4.74 Å². The Bertz CT molecular complexity index is 981. The average molecular weight is 376 g/mol. The van der Waals surface area contributed by atoms with Gasteiger partial charge in [0.05, 0.1) is 12.3 Å². The molecule has 6 nitrogen and oxygen atoms in total. The number of aryl methyl sites for hydroxylation is 3. The lowest BCUT2D eigenvalue weighted by molar-refractivity contribution is 0.102. The molecule has 1 heterocycles. The quantitative estimate of drug-likeness (QED) is 0.646. The summed E-state index contributed by atoms with van der Waals surface area (Å²) in [6.45, 7) is 8.18. The number of nitrogens with zero attached hydrogens (tertiary/aromatic N) is 2. The number of carbonyl (C=O) groups excluding carboxylic acids is 1. The summed E-state index contributed by atoms with van der Waals surface area (Å²) in [7, 11) is 0. The third-order valence-electron chi connectivity index (χ3n) is 4.24. The number of aromatic nitrogens is 2. The number of hydrogen-bond donors (Lipinski definition) is 2. The Labute approximate surface area is 165 Å². The van der Waals surface area contributed by atoms with E-state index in [-0.39, 0.29) is 5.91 Å². The number of hydrogen-bond acceptors (Lipinski definition) is 5. The minimum Gasteiger partial charge on any atom is -0.492 e. The van der Waals surface area contributed by atoms with E-state index in [1.807, 2.05) is 63.2 Å². The summed E-state index contributed by atoms with van der Waals surface area (Å²) in [5.41, 5.74) is 3.89. The molecule has 6 heteroatoms. The SMILES string of the molecule is CCOc1ccccc1Nc1cc(C(=O)Nc2c(C)cccc2C)nc(C)n1. The van der Waals surface area contributed by atoms with Crippen molar-refractivity contribution in [2.24, 2.45) is 0 Å².